The van der Waals surface area contributed by atoms with Gasteiger partial charge in [-0.05, 0) is 38.0 Å². The number of ether oxygens (including phenoxy) is 3. The molecule has 3 atom stereocenters. The molecule has 0 spiro atoms. The fourth-order valence-corrected chi connectivity index (χ4v) is 2.32. The highest BCUT2D eigenvalue weighted by Crippen LogP contribution is 2.37. The first-order valence-corrected chi connectivity index (χ1v) is 7.22. The lowest BCUT2D eigenvalue weighted by molar-refractivity contribution is -0.00306. The van der Waals surface area contributed by atoms with E-state index in [4.69, 9.17) is 14.2 Å². The van der Waals surface area contributed by atoms with E-state index in [2.05, 4.69) is 36.7 Å². The highest BCUT2D eigenvalue weighted by molar-refractivity contribution is 9.09. The zero-order valence-electron chi connectivity index (χ0n) is 11.0. The largest absolute Gasteiger partial charge is 0.454 e. The van der Waals surface area contributed by atoms with Gasteiger partial charge in [-0.25, -0.2) is 0 Å². The summed E-state index contributed by atoms with van der Waals surface area (Å²) in [6, 6.07) is 5.99. The van der Waals surface area contributed by atoms with Crippen molar-refractivity contribution in [3.8, 4) is 11.5 Å². The topological polar surface area (TPSA) is 27.7 Å². The van der Waals surface area contributed by atoms with Gasteiger partial charge in [-0.3, -0.25) is 0 Å². The second kappa shape index (κ2) is 5.93. The van der Waals surface area contributed by atoms with Gasteiger partial charge in [-0.1, -0.05) is 28.9 Å². The molecule has 0 N–H and O–H groups in total. The van der Waals surface area contributed by atoms with E-state index in [9.17, 15) is 0 Å². The quantitative estimate of drug-likeness (QED) is 0.767. The molecule has 0 saturated carbocycles. The summed E-state index contributed by atoms with van der Waals surface area (Å²) >= 11 is 3.62. The minimum atomic E-state index is 0.0226. The molecule has 1 aliphatic rings. The maximum absolute atomic E-state index is 6.06. The van der Waals surface area contributed by atoms with Crippen LogP contribution in [0.1, 0.15) is 38.9 Å². The summed E-state index contributed by atoms with van der Waals surface area (Å²) in [5, 5.41) is 0. The molecule has 0 unspecified atom stereocenters. The van der Waals surface area contributed by atoms with Crippen LogP contribution in [0.15, 0.2) is 18.2 Å². The van der Waals surface area contributed by atoms with Crippen LogP contribution in [0, 0.1) is 0 Å². The first kappa shape index (κ1) is 13.7. The van der Waals surface area contributed by atoms with Gasteiger partial charge in [0.05, 0.1) is 12.2 Å². The van der Waals surface area contributed by atoms with E-state index < -0.39 is 0 Å². The Morgan fingerprint density at radius 2 is 2.00 bits per heavy atom. The average Bonchev–Trinajstić information content (AvgIpc) is 2.82. The predicted molar refractivity (Wildman–Crippen MR) is 74.5 cm³/mol. The molecule has 3 nitrogen and oxygen atoms in total. The zero-order valence-corrected chi connectivity index (χ0v) is 12.6. The van der Waals surface area contributed by atoms with E-state index in [1.54, 1.807) is 0 Å². The van der Waals surface area contributed by atoms with Crippen molar-refractivity contribution in [1.82, 2.24) is 0 Å². The highest BCUT2D eigenvalue weighted by Gasteiger charge is 2.23. The highest BCUT2D eigenvalue weighted by atomic mass is 79.9. The Bertz CT molecular complexity index is 406. The first-order valence-electron chi connectivity index (χ1n) is 6.31. The normalized spacial score (nSPS) is 18.4. The van der Waals surface area contributed by atoms with Crippen molar-refractivity contribution in [3.05, 3.63) is 23.8 Å². The van der Waals surface area contributed by atoms with Gasteiger partial charge in [0.1, 0.15) is 0 Å². The lowest BCUT2D eigenvalue weighted by atomic mass is 10.1. The van der Waals surface area contributed by atoms with Gasteiger partial charge in [0, 0.05) is 4.83 Å². The van der Waals surface area contributed by atoms with Gasteiger partial charge in [-0.2, -0.15) is 0 Å². The van der Waals surface area contributed by atoms with Gasteiger partial charge in [0.2, 0.25) is 6.79 Å². The standard InChI is InChI=1S/C14H19BrO3/c1-4-9(2)18-14(10(3)15)11-5-6-12-13(7-11)17-8-16-12/h5-7,9-10,14H,4,8H2,1-3H3/t9-,10+,14+/m0/s1. The predicted octanol–water partition coefficient (Wildman–Crippen LogP) is 4.05. The number of fused-ring (bicyclic) bond motifs is 1. The van der Waals surface area contributed by atoms with Crippen LogP contribution in [0.3, 0.4) is 0 Å². The molecule has 18 heavy (non-hydrogen) atoms. The second-order valence-corrected chi connectivity index (χ2v) is 6.01. The van der Waals surface area contributed by atoms with Crippen LogP contribution < -0.4 is 9.47 Å². The van der Waals surface area contributed by atoms with Crippen molar-refractivity contribution in [2.75, 3.05) is 6.79 Å². The van der Waals surface area contributed by atoms with Gasteiger partial charge in [-0.15, -0.1) is 0 Å². The van der Waals surface area contributed by atoms with E-state index in [-0.39, 0.29) is 17.0 Å². The third-order valence-electron chi connectivity index (χ3n) is 3.10. The Morgan fingerprint density at radius 1 is 1.28 bits per heavy atom. The number of rotatable bonds is 5. The molecule has 0 bridgehead atoms. The molecule has 100 valence electrons. The number of benzene rings is 1. The van der Waals surface area contributed by atoms with E-state index in [0.717, 1.165) is 23.5 Å². The van der Waals surface area contributed by atoms with E-state index in [0.29, 0.717) is 6.79 Å². The van der Waals surface area contributed by atoms with Gasteiger partial charge < -0.3 is 14.2 Å². The molecular weight excluding hydrogens is 296 g/mol. The number of hydrogen-bond acceptors (Lipinski definition) is 3. The van der Waals surface area contributed by atoms with E-state index >= 15 is 0 Å². The molecule has 0 radical (unpaired) electrons. The lowest BCUT2D eigenvalue weighted by Gasteiger charge is -2.24. The van der Waals surface area contributed by atoms with Crippen molar-refractivity contribution >= 4 is 15.9 Å². The fraction of sp³-hybridized carbons (Fsp3) is 0.571. The Kier molecular flexibility index (Phi) is 4.51. The van der Waals surface area contributed by atoms with Crippen molar-refractivity contribution in [1.29, 1.82) is 0 Å². The number of hydrogen-bond donors (Lipinski definition) is 0. The summed E-state index contributed by atoms with van der Waals surface area (Å²) in [7, 11) is 0. The minimum absolute atomic E-state index is 0.0226. The van der Waals surface area contributed by atoms with Gasteiger partial charge in [0.15, 0.2) is 11.5 Å². The van der Waals surface area contributed by atoms with E-state index in [1.807, 2.05) is 18.2 Å². The number of halogens is 1. The smallest absolute Gasteiger partial charge is 0.231 e. The summed E-state index contributed by atoms with van der Waals surface area (Å²) in [5.41, 5.74) is 1.11. The SMILES string of the molecule is CC[C@H](C)O[C@@H](c1ccc2c(c1)OCO2)[C@@H](C)Br. The molecule has 0 amide bonds. The van der Waals surface area contributed by atoms with Crippen LogP contribution in [0.2, 0.25) is 0 Å². The van der Waals surface area contributed by atoms with Crippen molar-refractivity contribution in [2.45, 2.75) is 44.2 Å². The summed E-state index contributed by atoms with van der Waals surface area (Å²) in [4.78, 5) is 0.242. The van der Waals surface area contributed by atoms with Crippen molar-refractivity contribution < 1.29 is 14.2 Å². The summed E-state index contributed by atoms with van der Waals surface area (Å²) in [5.74, 6) is 1.61. The summed E-state index contributed by atoms with van der Waals surface area (Å²) in [6.45, 7) is 6.62. The molecule has 1 aromatic rings. The summed E-state index contributed by atoms with van der Waals surface area (Å²) < 4.78 is 16.8. The molecule has 4 heteroatoms. The second-order valence-electron chi connectivity index (χ2n) is 4.57. The summed E-state index contributed by atoms with van der Waals surface area (Å²) in [6.07, 6.45) is 1.26. The average molecular weight is 315 g/mol. The third kappa shape index (κ3) is 2.98. The van der Waals surface area contributed by atoms with Gasteiger partial charge in [0.25, 0.3) is 0 Å². The van der Waals surface area contributed by atoms with Crippen molar-refractivity contribution in [2.24, 2.45) is 0 Å². The molecule has 1 aromatic carbocycles. The molecule has 0 saturated heterocycles. The van der Waals surface area contributed by atoms with Crippen LogP contribution in [0.4, 0.5) is 0 Å². The number of alkyl halides is 1. The minimum Gasteiger partial charge on any atom is -0.454 e. The molecule has 1 aliphatic heterocycles. The van der Waals surface area contributed by atoms with Crippen LogP contribution in [-0.2, 0) is 4.74 Å². The zero-order chi connectivity index (χ0) is 13.1. The Labute approximate surface area is 117 Å². The van der Waals surface area contributed by atoms with Crippen LogP contribution in [0.5, 0.6) is 11.5 Å². The fourth-order valence-electron chi connectivity index (χ4n) is 1.89. The monoisotopic (exact) mass is 314 g/mol. The maximum Gasteiger partial charge on any atom is 0.231 e. The Hall–Kier alpha value is -0.740. The Balaban J connectivity index is 2.20. The maximum atomic E-state index is 6.06. The van der Waals surface area contributed by atoms with Crippen LogP contribution >= 0.6 is 15.9 Å². The van der Waals surface area contributed by atoms with Crippen LogP contribution in [0.25, 0.3) is 0 Å². The Morgan fingerprint density at radius 3 is 2.67 bits per heavy atom. The van der Waals surface area contributed by atoms with Crippen molar-refractivity contribution in [3.63, 3.8) is 0 Å². The molecule has 0 aliphatic carbocycles. The van der Waals surface area contributed by atoms with Crippen LogP contribution in [-0.4, -0.2) is 17.7 Å². The first-order chi connectivity index (χ1) is 8.61. The third-order valence-corrected chi connectivity index (χ3v) is 3.58. The lowest BCUT2D eigenvalue weighted by Crippen LogP contribution is -2.19. The molecule has 0 aromatic heterocycles. The van der Waals surface area contributed by atoms with Gasteiger partial charge >= 0.3 is 0 Å². The van der Waals surface area contributed by atoms with E-state index in [1.165, 1.54) is 0 Å². The molecule has 2 rings (SSSR count). The molecular formula is C14H19BrO3. The molecule has 1 heterocycles. The molecule has 0 fully saturated rings.